The minimum absolute atomic E-state index is 0.196. The molecule has 1 N–H and O–H groups in total. The van der Waals surface area contributed by atoms with Crippen LogP contribution in [-0.4, -0.2) is 33.8 Å². The highest BCUT2D eigenvalue weighted by molar-refractivity contribution is 5.86. The fourth-order valence-corrected chi connectivity index (χ4v) is 3.23. The lowest BCUT2D eigenvalue weighted by Gasteiger charge is -2.09. The van der Waals surface area contributed by atoms with Crippen molar-refractivity contribution in [1.82, 2.24) is 14.8 Å². The number of Topliss-reactive ketones (excluding diaryl/α,β-unsaturated/α-hetero) is 1. The maximum absolute atomic E-state index is 14.4. The van der Waals surface area contributed by atoms with Crippen LogP contribution in [0.3, 0.4) is 0 Å². The quantitative estimate of drug-likeness (QED) is 0.532. The summed E-state index contributed by atoms with van der Waals surface area (Å²) in [4.78, 5) is 14.8. The van der Waals surface area contributed by atoms with Crippen LogP contribution in [0.1, 0.15) is 37.4 Å². The molecule has 2 aromatic heterocycles. The van der Waals surface area contributed by atoms with E-state index in [0.29, 0.717) is 18.7 Å². The van der Waals surface area contributed by atoms with Gasteiger partial charge in [-0.1, -0.05) is 6.92 Å². The lowest BCUT2D eigenvalue weighted by atomic mass is 10.0. The molecule has 0 saturated heterocycles. The van der Waals surface area contributed by atoms with Crippen molar-refractivity contribution in [2.75, 3.05) is 13.2 Å². The van der Waals surface area contributed by atoms with Gasteiger partial charge in [0.15, 0.2) is 11.6 Å². The molecule has 2 heterocycles. The first-order valence-corrected chi connectivity index (χ1v) is 9.55. The van der Waals surface area contributed by atoms with Crippen LogP contribution in [0, 0.1) is 12.7 Å². The van der Waals surface area contributed by atoms with Crippen molar-refractivity contribution >= 4 is 16.7 Å². The van der Waals surface area contributed by atoms with Crippen molar-refractivity contribution in [3.63, 3.8) is 0 Å². The monoisotopic (exact) mass is 387 g/mol. The number of carbonyl (C=O) groups excluding carboxylic acids is 1. The predicted octanol–water partition coefficient (Wildman–Crippen LogP) is 4.11. The number of hydrogen-bond acceptors (Lipinski definition) is 4. The van der Waals surface area contributed by atoms with Crippen molar-refractivity contribution in [1.29, 1.82) is 0 Å². The lowest BCUT2D eigenvalue weighted by Crippen LogP contribution is -2.10. The first kappa shape index (κ1) is 19.9. The van der Waals surface area contributed by atoms with Gasteiger partial charge < -0.3 is 14.5 Å². The molecular weight excluding hydrogens is 361 g/mol. The molecule has 0 fully saturated rings. The SMILES string of the molecule is CCC(=O)CCCc1c(C)[nH]c2cc(F)c(OCCOc3ccn(C)n3)cc12. The number of nitrogens with zero attached hydrogens (tertiary/aromatic N) is 2. The van der Waals surface area contributed by atoms with E-state index in [0.717, 1.165) is 35.0 Å². The molecular formula is C21H26FN3O3. The third-order valence-corrected chi connectivity index (χ3v) is 4.73. The van der Waals surface area contributed by atoms with E-state index in [-0.39, 0.29) is 24.7 Å². The number of fused-ring (bicyclic) bond motifs is 1. The number of H-pyrrole nitrogens is 1. The molecule has 3 rings (SSSR count). The zero-order chi connectivity index (χ0) is 20.1. The standard InChI is InChI=1S/C21H26FN3O3/c1-4-15(26)6-5-7-16-14(2)23-19-13-18(22)20(12-17(16)19)27-10-11-28-21-8-9-25(3)24-21/h8-9,12-13,23H,4-7,10-11H2,1-3H3. The highest BCUT2D eigenvalue weighted by Crippen LogP contribution is 2.30. The first-order valence-electron chi connectivity index (χ1n) is 9.55. The Labute approximate surface area is 163 Å². The van der Waals surface area contributed by atoms with Gasteiger partial charge in [-0.15, -0.1) is 5.10 Å². The normalized spacial score (nSPS) is 11.1. The average molecular weight is 387 g/mol. The zero-order valence-corrected chi connectivity index (χ0v) is 16.5. The number of aromatic nitrogens is 3. The van der Waals surface area contributed by atoms with Crippen molar-refractivity contribution in [3.05, 3.63) is 41.5 Å². The molecule has 6 nitrogen and oxygen atoms in total. The molecule has 0 saturated carbocycles. The Morgan fingerprint density at radius 1 is 1.29 bits per heavy atom. The number of halogens is 1. The minimum atomic E-state index is -0.417. The van der Waals surface area contributed by atoms with Crippen LogP contribution in [0.25, 0.3) is 10.9 Å². The number of rotatable bonds is 10. The summed E-state index contributed by atoms with van der Waals surface area (Å²) in [6.07, 6.45) is 4.47. The summed E-state index contributed by atoms with van der Waals surface area (Å²) in [5.41, 5.74) is 2.84. The summed E-state index contributed by atoms with van der Waals surface area (Å²) in [5, 5.41) is 5.05. The van der Waals surface area contributed by atoms with Crippen LogP contribution in [-0.2, 0) is 18.3 Å². The van der Waals surface area contributed by atoms with Gasteiger partial charge in [0.2, 0.25) is 5.88 Å². The lowest BCUT2D eigenvalue weighted by molar-refractivity contribution is -0.118. The second kappa shape index (κ2) is 8.91. The van der Waals surface area contributed by atoms with E-state index in [9.17, 15) is 9.18 Å². The molecule has 3 aromatic rings. The first-order chi connectivity index (χ1) is 13.5. The average Bonchev–Trinajstić information content (AvgIpc) is 3.21. The number of benzene rings is 1. The van der Waals surface area contributed by atoms with Crippen LogP contribution < -0.4 is 9.47 Å². The molecule has 0 spiro atoms. The summed E-state index contributed by atoms with van der Waals surface area (Å²) in [7, 11) is 1.81. The molecule has 0 bridgehead atoms. The number of aromatic amines is 1. The summed E-state index contributed by atoms with van der Waals surface area (Å²) in [6, 6.07) is 4.94. The predicted molar refractivity (Wildman–Crippen MR) is 105 cm³/mol. The number of ketones is 1. The number of hydrogen-bond donors (Lipinski definition) is 1. The summed E-state index contributed by atoms with van der Waals surface area (Å²) in [5.74, 6) is 0.550. The van der Waals surface area contributed by atoms with E-state index in [2.05, 4.69) is 10.1 Å². The summed E-state index contributed by atoms with van der Waals surface area (Å²) in [6.45, 7) is 4.33. The number of aryl methyl sites for hydroxylation is 3. The molecule has 0 amide bonds. The Morgan fingerprint density at radius 2 is 2.07 bits per heavy atom. The van der Waals surface area contributed by atoms with E-state index < -0.39 is 5.82 Å². The molecule has 0 unspecified atom stereocenters. The van der Waals surface area contributed by atoms with Crippen LogP contribution in [0.2, 0.25) is 0 Å². The van der Waals surface area contributed by atoms with Crippen LogP contribution in [0.5, 0.6) is 11.6 Å². The van der Waals surface area contributed by atoms with Crippen molar-refractivity contribution in [3.8, 4) is 11.6 Å². The molecule has 0 aliphatic rings. The highest BCUT2D eigenvalue weighted by Gasteiger charge is 2.14. The van der Waals surface area contributed by atoms with Gasteiger partial charge in [-0.05, 0) is 31.4 Å². The molecule has 0 atom stereocenters. The Kier molecular flexibility index (Phi) is 6.34. The van der Waals surface area contributed by atoms with Crippen molar-refractivity contribution in [2.45, 2.75) is 39.5 Å². The Hall–Kier alpha value is -2.83. The van der Waals surface area contributed by atoms with Gasteiger partial charge in [0.25, 0.3) is 0 Å². The molecule has 0 aliphatic heterocycles. The van der Waals surface area contributed by atoms with Gasteiger partial charge in [-0.3, -0.25) is 9.48 Å². The molecule has 150 valence electrons. The third-order valence-electron chi connectivity index (χ3n) is 4.73. The Balaban J connectivity index is 1.65. The summed E-state index contributed by atoms with van der Waals surface area (Å²) < 4.78 is 27.1. The zero-order valence-electron chi connectivity index (χ0n) is 16.5. The smallest absolute Gasteiger partial charge is 0.232 e. The van der Waals surface area contributed by atoms with Gasteiger partial charge in [0, 0.05) is 54.8 Å². The molecule has 0 aliphatic carbocycles. The fourth-order valence-electron chi connectivity index (χ4n) is 3.23. The van der Waals surface area contributed by atoms with Crippen LogP contribution in [0.15, 0.2) is 24.4 Å². The van der Waals surface area contributed by atoms with Crippen LogP contribution in [0.4, 0.5) is 4.39 Å². The van der Waals surface area contributed by atoms with E-state index in [1.54, 1.807) is 23.0 Å². The highest BCUT2D eigenvalue weighted by atomic mass is 19.1. The largest absolute Gasteiger partial charge is 0.487 e. The second-order valence-electron chi connectivity index (χ2n) is 6.83. The van der Waals surface area contributed by atoms with Gasteiger partial charge in [0.1, 0.15) is 19.0 Å². The van der Waals surface area contributed by atoms with Gasteiger partial charge in [-0.2, -0.15) is 0 Å². The second-order valence-corrected chi connectivity index (χ2v) is 6.83. The molecule has 7 heteroatoms. The Morgan fingerprint density at radius 3 is 2.79 bits per heavy atom. The van der Waals surface area contributed by atoms with Crippen LogP contribution >= 0.6 is 0 Å². The van der Waals surface area contributed by atoms with Gasteiger partial charge in [-0.25, -0.2) is 4.39 Å². The maximum atomic E-state index is 14.4. The van der Waals surface area contributed by atoms with E-state index in [1.807, 2.05) is 20.9 Å². The van der Waals surface area contributed by atoms with Crippen molar-refractivity contribution in [2.24, 2.45) is 7.05 Å². The molecule has 0 radical (unpaired) electrons. The van der Waals surface area contributed by atoms with E-state index >= 15 is 0 Å². The van der Waals surface area contributed by atoms with Gasteiger partial charge >= 0.3 is 0 Å². The fraction of sp³-hybridized carbons (Fsp3) is 0.429. The van der Waals surface area contributed by atoms with Gasteiger partial charge in [0.05, 0.1) is 0 Å². The number of ether oxygens (including phenoxy) is 2. The maximum Gasteiger partial charge on any atom is 0.232 e. The number of nitrogens with one attached hydrogen (secondary N) is 1. The minimum Gasteiger partial charge on any atom is -0.487 e. The third kappa shape index (κ3) is 4.71. The van der Waals surface area contributed by atoms with Crippen molar-refractivity contribution < 1.29 is 18.7 Å². The summed E-state index contributed by atoms with van der Waals surface area (Å²) >= 11 is 0. The van der Waals surface area contributed by atoms with E-state index in [4.69, 9.17) is 9.47 Å². The molecule has 1 aromatic carbocycles. The Bertz CT molecular complexity index is 961. The topological polar surface area (TPSA) is 69.1 Å². The number of carbonyl (C=O) groups is 1. The van der Waals surface area contributed by atoms with E-state index in [1.165, 1.54) is 6.07 Å². The molecule has 28 heavy (non-hydrogen) atoms.